The van der Waals surface area contributed by atoms with Crippen LogP contribution in [0.15, 0.2) is 30.5 Å². The summed E-state index contributed by atoms with van der Waals surface area (Å²) in [5.41, 5.74) is 2.44. The molecule has 5 rings (SSSR count). The topological polar surface area (TPSA) is 103 Å². The average Bonchev–Trinajstić information content (AvgIpc) is 3.32. The monoisotopic (exact) mass is 438 g/mol. The number of nitrogens with one attached hydrogen (secondary N) is 1. The molecule has 2 fully saturated rings. The third-order valence-corrected chi connectivity index (χ3v) is 6.41. The maximum Gasteiger partial charge on any atom is 0.255 e. The lowest BCUT2D eigenvalue weighted by atomic mass is 10.0. The molecule has 0 aliphatic carbocycles. The molecule has 0 spiro atoms. The van der Waals surface area contributed by atoms with Crippen molar-refractivity contribution in [1.82, 2.24) is 20.1 Å². The molecule has 3 amide bonds. The van der Waals surface area contributed by atoms with Crippen LogP contribution in [-0.4, -0.2) is 62.8 Å². The van der Waals surface area contributed by atoms with E-state index < -0.39 is 17.8 Å². The highest BCUT2D eigenvalue weighted by Gasteiger charge is 2.39. The number of imide groups is 1. The molecule has 166 valence electrons. The van der Waals surface area contributed by atoms with Crippen molar-refractivity contribution in [3.05, 3.63) is 53.0 Å². The maximum atomic E-state index is 15.3. The van der Waals surface area contributed by atoms with Gasteiger partial charge >= 0.3 is 0 Å². The van der Waals surface area contributed by atoms with Crippen molar-refractivity contribution in [2.75, 3.05) is 13.1 Å². The van der Waals surface area contributed by atoms with Gasteiger partial charge in [-0.05, 0) is 36.6 Å². The summed E-state index contributed by atoms with van der Waals surface area (Å²) in [6, 6.07) is 6.01. The summed E-state index contributed by atoms with van der Waals surface area (Å²) in [7, 11) is 0. The molecule has 3 aliphatic heterocycles. The minimum atomic E-state index is -0.690. The van der Waals surface area contributed by atoms with Gasteiger partial charge in [-0.1, -0.05) is 6.07 Å². The number of aromatic nitrogens is 1. The Morgan fingerprint density at radius 3 is 2.78 bits per heavy atom. The van der Waals surface area contributed by atoms with Gasteiger partial charge < -0.3 is 10.0 Å². The largest absolute Gasteiger partial charge is 0.392 e. The third kappa shape index (κ3) is 3.67. The minimum Gasteiger partial charge on any atom is -0.392 e. The molecule has 2 N–H and O–H groups in total. The van der Waals surface area contributed by atoms with Crippen LogP contribution in [0.25, 0.3) is 11.3 Å². The van der Waals surface area contributed by atoms with Crippen molar-refractivity contribution in [3.63, 3.8) is 0 Å². The van der Waals surface area contributed by atoms with Crippen LogP contribution < -0.4 is 5.32 Å². The molecular formula is C23H23FN4O4. The Morgan fingerprint density at radius 2 is 2.03 bits per heavy atom. The maximum absolute atomic E-state index is 15.3. The van der Waals surface area contributed by atoms with E-state index in [2.05, 4.69) is 10.3 Å². The number of rotatable bonds is 4. The standard InChI is InChI=1S/C23H23FN4O4/c24-20-14(10-27-8-6-16(29)12-27)5-7-25-21(20)13-1-2-17-15(9-13)11-28(23(17)32)18-3-4-19(30)26-22(18)31/h1-2,5,7,9,16,18,29H,3-4,6,8,10-12H2,(H,26,30,31)/t16-,18?/m0/s1. The zero-order valence-corrected chi connectivity index (χ0v) is 17.4. The predicted molar refractivity (Wildman–Crippen MR) is 112 cm³/mol. The van der Waals surface area contributed by atoms with Crippen molar-refractivity contribution in [2.45, 2.75) is 44.5 Å². The van der Waals surface area contributed by atoms with Crippen molar-refractivity contribution in [3.8, 4) is 11.3 Å². The van der Waals surface area contributed by atoms with E-state index in [0.717, 1.165) is 6.54 Å². The summed E-state index contributed by atoms with van der Waals surface area (Å²) in [6.07, 6.45) is 2.36. The van der Waals surface area contributed by atoms with Crippen LogP contribution in [0.1, 0.15) is 40.7 Å². The number of β-amino-alcohol motifs (C(OH)–C–C–N with tert-alkyl or cyclic N) is 1. The van der Waals surface area contributed by atoms with Crippen LogP contribution in [0.5, 0.6) is 0 Å². The molecule has 0 saturated carbocycles. The molecule has 1 aromatic heterocycles. The Balaban J connectivity index is 1.39. The summed E-state index contributed by atoms with van der Waals surface area (Å²) in [5, 5.41) is 12.0. The van der Waals surface area contributed by atoms with E-state index in [-0.39, 0.29) is 36.6 Å². The Kier molecular flexibility index (Phi) is 5.22. The van der Waals surface area contributed by atoms with Gasteiger partial charge in [0.1, 0.15) is 11.7 Å². The predicted octanol–water partition coefficient (Wildman–Crippen LogP) is 1.22. The van der Waals surface area contributed by atoms with Gasteiger partial charge in [-0.3, -0.25) is 29.6 Å². The number of aliphatic hydroxyl groups excluding tert-OH is 1. The Labute approximate surface area is 184 Å². The van der Waals surface area contributed by atoms with Crippen LogP contribution >= 0.6 is 0 Å². The number of pyridine rings is 1. The fourth-order valence-corrected chi connectivity index (χ4v) is 4.73. The first-order valence-corrected chi connectivity index (χ1v) is 10.7. The molecule has 0 bridgehead atoms. The molecule has 8 nitrogen and oxygen atoms in total. The minimum absolute atomic E-state index is 0.192. The number of likely N-dealkylation sites (tertiary alicyclic amines) is 1. The molecule has 2 saturated heterocycles. The lowest BCUT2D eigenvalue weighted by molar-refractivity contribution is -0.136. The molecular weight excluding hydrogens is 415 g/mol. The summed E-state index contributed by atoms with van der Waals surface area (Å²) in [5.74, 6) is -1.48. The number of carbonyl (C=O) groups is 3. The number of piperidine rings is 1. The highest BCUT2D eigenvalue weighted by molar-refractivity contribution is 6.05. The lowest BCUT2D eigenvalue weighted by Gasteiger charge is -2.29. The fraction of sp³-hybridized carbons (Fsp3) is 0.391. The highest BCUT2D eigenvalue weighted by atomic mass is 19.1. The van der Waals surface area contributed by atoms with E-state index in [1.807, 2.05) is 4.90 Å². The van der Waals surface area contributed by atoms with E-state index in [4.69, 9.17) is 0 Å². The van der Waals surface area contributed by atoms with E-state index in [1.54, 1.807) is 30.5 Å². The van der Waals surface area contributed by atoms with E-state index in [9.17, 15) is 19.5 Å². The number of aliphatic hydroxyl groups is 1. The van der Waals surface area contributed by atoms with Crippen molar-refractivity contribution in [1.29, 1.82) is 0 Å². The second kappa shape index (κ2) is 8.07. The Bertz CT molecular complexity index is 1120. The number of benzene rings is 1. The second-order valence-electron chi connectivity index (χ2n) is 8.58. The zero-order chi connectivity index (χ0) is 22.4. The van der Waals surface area contributed by atoms with Crippen LogP contribution in [0, 0.1) is 5.82 Å². The summed E-state index contributed by atoms with van der Waals surface area (Å²) in [6.45, 7) is 1.86. The number of carbonyl (C=O) groups excluding carboxylic acids is 3. The number of fused-ring (bicyclic) bond motifs is 1. The summed E-state index contributed by atoms with van der Waals surface area (Å²) >= 11 is 0. The molecule has 9 heteroatoms. The van der Waals surface area contributed by atoms with Crippen LogP contribution in [-0.2, 0) is 22.7 Å². The molecule has 0 radical (unpaired) electrons. The molecule has 2 aromatic rings. The average molecular weight is 438 g/mol. The van der Waals surface area contributed by atoms with Gasteiger partial charge in [-0.25, -0.2) is 4.39 Å². The first-order valence-electron chi connectivity index (χ1n) is 10.7. The van der Waals surface area contributed by atoms with Crippen molar-refractivity contribution < 1.29 is 23.9 Å². The van der Waals surface area contributed by atoms with E-state index in [0.29, 0.717) is 48.2 Å². The summed E-state index contributed by atoms with van der Waals surface area (Å²) < 4.78 is 15.3. The van der Waals surface area contributed by atoms with Crippen LogP contribution in [0.4, 0.5) is 4.39 Å². The van der Waals surface area contributed by atoms with Gasteiger partial charge in [0.25, 0.3) is 5.91 Å². The number of amides is 3. The van der Waals surface area contributed by atoms with Gasteiger partial charge in [0.05, 0.1) is 6.10 Å². The third-order valence-electron chi connectivity index (χ3n) is 6.41. The quantitative estimate of drug-likeness (QED) is 0.696. The van der Waals surface area contributed by atoms with E-state index >= 15 is 4.39 Å². The van der Waals surface area contributed by atoms with Crippen molar-refractivity contribution >= 4 is 17.7 Å². The zero-order valence-electron chi connectivity index (χ0n) is 17.4. The molecule has 1 unspecified atom stereocenters. The highest BCUT2D eigenvalue weighted by Crippen LogP contribution is 2.32. The Morgan fingerprint density at radius 1 is 1.19 bits per heavy atom. The molecule has 1 aromatic carbocycles. The van der Waals surface area contributed by atoms with Crippen LogP contribution in [0.2, 0.25) is 0 Å². The van der Waals surface area contributed by atoms with Crippen molar-refractivity contribution in [2.24, 2.45) is 0 Å². The van der Waals surface area contributed by atoms with Gasteiger partial charge in [-0.15, -0.1) is 0 Å². The van der Waals surface area contributed by atoms with Gasteiger partial charge in [0.15, 0.2) is 5.82 Å². The first kappa shape index (κ1) is 20.7. The number of halogens is 1. The molecule has 32 heavy (non-hydrogen) atoms. The number of nitrogens with zero attached hydrogens (tertiary/aromatic N) is 3. The lowest BCUT2D eigenvalue weighted by Crippen LogP contribution is -2.52. The van der Waals surface area contributed by atoms with Gasteiger partial charge in [0.2, 0.25) is 11.8 Å². The second-order valence-corrected chi connectivity index (χ2v) is 8.58. The van der Waals surface area contributed by atoms with Gasteiger partial charge in [-0.2, -0.15) is 0 Å². The smallest absolute Gasteiger partial charge is 0.255 e. The van der Waals surface area contributed by atoms with Crippen LogP contribution in [0.3, 0.4) is 0 Å². The Hall–Kier alpha value is -3.17. The first-order chi connectivity index (χ1) is 15.4. The SMILES string of the molecule is O=C1CCC(N2Cc3cc(-c4nccc(CN5CC[C@H](O)C5)c4F)ccc3C2=O)C(=O)N1. The van der Waals surface area contributed by atoms with Gasteiger partial charge in [0, 0.05) is 55.5 Å². The summed E-state index contributed by atoms with van der Waals surface area (Å²) in [4.78, 5) is 44.2. The fourth-order valence-electron chi connectivity index (χ4n) is 4.73. The van der Waals surface area contributed by atoms with E-state index in [1.165, 1.54) is 4.90 Å². The molecule has 4 heterocycles. The number of hydrogen-bond donors (Lipinski definition) is 2. The number of hydrogen-bond acceptors (Lipinski definition) is 6. The molecule has 2 atom stereocenters. The normalized spacial score (nSPS) is 23.6. The molecule has 3 aliphatic rings.